The molecule has 20 heavy (non-hydrogen) atoms. The van der Waals surface area contributed by atoms with E-state index in [0.29, 0.717) is 18.1 Å². The molecule has 1 unspecified atom stereocenters. The molecule has 2 heterocycles. The molecular weight excluding hydrogens is 280 g/mol. The van der Waals surface area contributed by atoms with Crippen molar-refractivity contribution in [3.63, 3.8) is 0 Å². The van der Waals surface area contributed by atoms with Gasteiger partial charge in [-0.1, -0.05) is 6.92 Å². The maximum Gasteiger partial charge on any atom is 0.274 e. The third-order valence-corrected chi connectivity index (χ3v) is 4.13. The predicted octanol–water partition coefficient (Wildman–Crippen LogP) is 1.15. The number of nitrogens with zero attached hydrogens (tertiary/aromatic N) is 1. The third-order valence-electron chi connectivity index (χ3n) is 2.71. The summed E-state index contributed by atoms with van der Waals surface area (Å²) in [6.45, 7) is 4.96. The molecular formula is C12H18N4O3S. The van der Waals surface area contributed by atoms with Crippen LogP contribution in [-0.4, -0.2) is 24.9 Å². The second kappa shape index (κ2) is 6.21. The van der Waals surface area contributed by atoms with E-state index in [-0.39, 0.29) is 5.09 Å². The van der Waals surface area contributed by atoms with E-state index in [9.17, 15) is 8.42 Å². The van der Waals surface area contributed by atoms with Crippen LogP contribution < -0.4 is 10.0 Å². The number of furan rings is 1. The molecule has 0 amide bonds. The summed E-state index contributed by atoms with van der Waals surface area (Å²) in [6.07, 6.45) is 3.21. The van der Waals surface area contributed by atoms with E-state index in [1.165, 1.54) is 6.07 Å². The second-order valence-electron chi connectivity index (χ2n) is 4.32. The number of rotatable bonds is 7. The minimum atomic E-state index is -3.69. The fourth-order valence-electron chi connectivity index (χ4n) is 1.71. The van der Waals surface area contributed by atoms with E-state index in [1.807, 2.05) is 6.92 Å². The van der Waals surface area contributed by atoms with E-state index < -0.39 is 16.1 Å². The molecule has 0 saturated heterocycles. The number of H-pyrrole nitrogens is 1. The minimum absolute atomic E-state index is 0.0937. The number of imidazole rings is 1. The zero-order valence-electron chi connectivity index (χ0n) is 11.4. The molecule has 0 aliphatic rings. The van der Waals surface area contributed by atoms with Gasteiger partial charge in [-0.3, -0.25) is 0 Å². The first-order valence-electron chi connectivity index (χ1n) is 6.34. The Morgan fingerprint density at radius 1 is 1.45 bits per heavy atom. The van der Waals surface area contributed by atoms with Gasteiger partial charge in [-0.25, -0.2) is 13.4 Å². The Labute approximate surface area is 117 Å². The summed E-state index contributed by atoms with van der Waals surface area (Å²) < 4.78 is 32.1. The number of aromatic nitrogens is 2. The van der Waals surface area contributed by atoms with Gasteiger partial charge in [0.05, 0.1) is 12.6 Å². The van der Waals surface area contributed by atoms with Crippen molar-refractivity contribution in [2.24, 2.45) is 0 Å². The van der Waals surface area contributed by atoms with Crippen molar-refractivity contribution < 1.29 is 12.8 Å². The van der Waals surface area contributed by atoms with Gasteiger partial charge < -0.3 is 14.7 Å². The van der Waals surface area contributed by atoms with Gasteiger partial charge in [0.25, 0.3) is 10.0 Å². The SMILES string of the molecule is CCNCc1ccc(S(=O)(=O)NC(C)c2ncc[nH]2)o1. The first-order valence-corrected chi connectivity index (χ1v) is 7.82. The first kappa shape index (κ1) is 14.8. The summed E-state index contributed by atoms with van der Waals surface area (Å²) >= 11 is 0. The summed E-state index contributed by atoms with van der Waals surface area (Å²) in [7, 11) is -3.69. The molecule has 0 saturated carbocycles. The van der Waals surface area contributed by atoms with Gasteiger partial charge in [-0.15, -0.1) is 0 Å². The standard InChI is InChI=1S/C12H18N4O3S/c1-3-13-8-10-4-5-11(19-10)20(17,18)16-9(2)12-14-6-7-15-12/h4-7,9,13,16H,3,8H2,1-2H3,(H,14,15). The van der Waals surface area contributed by atoms with Crippen molar-refractivity contribution in [3.8, 4) is 0 Å². The lowest BCUT2D eigenvalue weighted by molar-refractivity contribution is 0.399. The van der Waals surface area contributed by atoms with Crippen LogP contribution in [0.3, 0.4) is 0 Å². The Balaban J connectivity index is 2.08. The minimum Gasteiger partial charge on any atom is -0.447 e. The zero-order valence-corrected chi connectivity index (χ0v) is 12.2. The molecule has 3 N–H and O–H groups in total. The molecule has 0 radical (unpaired) electrons. The summed E-state index contributed by atoms with van der Waals surface area (Å²) in [4.78, 5) is 6.88. The van der Waals surface area contributed by atoms with Crippen molar-refractivity contribution in [2.75, 3.05) is 6.54 Å². The molecule has 8 heteroatoms. The quantitative estimate of drug-likeness (QED) is 0.712. The number of hydrogen-bond donors (Lipinski definition) is 3. The number of aromatic amines is 1. The van der Waals surface area contributed by atoms with Crippen LogP contribution in [0.25, 0.3) is 0 Å². The highest BCUT2D eigenvalue weighted by molar-refractivity contribution is 7.89. The maximum atomic E-state index is 12.2. The molecule has 0 fully saturated rings. The Morgan fingerprint density at radius 2 is 2.25 bits per heavy atom. The van der Waals surface area contributed by atoms with Crippen molar-refractivity contribution in [1.82, 2.24) is 20.0 Å². The van der Waals surface area contributed by atoms with Crippen LogP contribution in [0.4, 0.5) is 0 Å². The summed E-state index contributed by atoms with van der Waals surface area (Å²) in [5.74, 6) is 1.13. The van der Waals surface area contributed by atoms with E-state index in [4.69, 9.17) is 4.42 Å². The topological polar surface area (TPSA) is 100 Å². The lowest BCUT2D eigenvalue weighted by Gasteiger charge is -2.10. The lowest BCUT2D eigenvalue weighted by atomic mass is 10.3. The predicted molar refractivity (Wildman–Crippen MR) is 73.4 cm³/mol. The molecule has 0 aliphatic heterocycles. The van der Waals surface area contributed by atoms with E-state index in [0.717, 1.165) is 6.54 Å². The Bertz CT molecular complexity index is 633. The number of nitrogens with one attached hydrogen (secondary N) is 3. The zero-order chi connectivity index (χ0) is 14.6. The largest absolute Gasteiger partial charge is 0.447 e. The van der Waals surface area contributed by atoms with Gasteiger partial charge in [-0.2, -0.15) is 4.72 Å². The number of hydrogen-bond acceptors (Lipinski definition) is 5. The molecule has 2 aromatic heterocycles. The normalized spacial score (nSPS) is 13.5. The molecule has 0 bridgehead atoms. The average molecular weight is 298 g/mol. The van der Waals surface area contributed by atoms with Gasteiger partial charge in [0.1, 0.15) is 11.6 Å². The highest BCUT2D eigenvalue weighted by Gasteiger charge is 2.22. The molecule has 7 nitrogen and oxygen atoms in total. The maximum absolute atomic E-state index is 12.2. The highest BCUT2D eigenvalue weighted by Crippen LogP contribution is 2.17. The van der Waals surface area contributed by atoms with Crippen molar-refractivity contribution in [2.45, 2.75) is 31.5 Å². The van der Waals surface area contributed by atoms with Gasteiger partial charge in [0.2, 0.25) is 5.09 Å². The van der Waals surface area contributed by atoms with Crippen LogP contribution in [0.5, 0.6) is 0 Å². The highest BCUT2D eigenvalue weighted by atomic mass is 32.2. The molecule has 110 valence electrons. The van der Waals surface area contributed by atoms with E-state index in [1.54, 1.807) is 25.4 Å². The molecule has 1 atom stereocenters. The van der Waals surface area contributed by atoms with E-state index in [2.05, 4.69) is 20.0 Å². The van der Waals surface area contributed by atoms with Crippen molar-refractivity contribution in [1.29, 1.82) is 0 Å². The Morgan fingerprint density at radius 3 is 2.90 bits per heavy atom. The summed E-state index contributed by atoms with van der Waals surface area (Å²) in [5.41, 5.74) is 0. The van der Waals surface area contributed by atoms with Gasteiger partial charge in [0, 0.05) is 12.4 Å². The van der Waals surface area contributed by atoms with Gasteiger partial charge >= 0.3 is 0 Å². The van der Waals surface area contributed by atoms with Crippen LogP contribution in [0.2, 0.25) is 0 Å². The lowest BCUT2D eigenvalue weighted by Crippen LogP contribution is -2.27. The average Bonchev–Trinajstić information content (AvgIpc) is 3.07. The van der Waals surface area contributed by atoms with Crippen LogP contribution in [-0.2, 0) is 16.6 Å². The van der Waals surface area contributed by atoms with Crippen LogP contribution >= 0.6 is 0 Å². The summed E-state index contributed by atoms with van der Waals surface area (Å²) in [5, 5.41) is 2.97. The van der Waals surface area contributed by atoms with Crippen molar-refractivity contribution in [3.05, 3.63) is 36.1 Å². The molecule has 0 spiro atoms. The number of sulfonamides is 1. The molecule has 2 aromatic rings. The van der Waals surface area contributed by atoms with Crippen molar-refractivity contribution >= 4 is 10.0 Å². The second-order valence-corrected chi connectivity index (χ2v) is 5.96. The monoisotopic (exact) mass is 298 g/mol. The summed E-state index contributed by atoms with van der Waals surface area (Å²) in [6, 6.07) is 2.64. The van der Waals surface area contributed by atoms with Gasteiger partial charge in [-0.05, 0) is 25.6 Å². The fourth-order valence-corrected chi connectivity index (χ4v) is 2.86. The molecule has 2 rings (SSSR count). The van der Waals surface area contributed by atoms with Crippen LogP contribution in [0, 0.1) is 0 Å². The smallest absolute Gasteiger partial charge is 0.274 e. The third kappa shape index (κ3) is 3.47. The molecule has 0 aliphatic carbocycles. The molecule has 0 aromatic carbocycles. The Hall–Kier alpha value is -1.64. The Kier molecular flexibility index (Phi) is 4.58. The first-order chi connectivity index (χ1) is 9.53. The fraction of sp³-hybridized carbons (Fsp3) is 0.417. The van der Waals surface area contributed by atoms with E-state index >= 15 is 0 Å². The van der Waals surface area contributed by atoms with Crippen LogP contribution in [0.15, 0.2) is 34.0 Å². The van der Waals surface area contributed by atoms with Crippen LogP contribution in [0.1, 0.15) is 31.5 Å². The van der Waals surface area contributed by atoms with Gasteiger partial charge in [0.15, 0.2) is 0 Å².